The number of amides is 3. The molecule has 0 fully saturated rings. The van der Waals surface area contributed by atoms with Crippen molar-refractivity contribution in [1.29, 1.82) is 0 Å². The van der Waals surface area contributed by atoms with Crippen LogP contribution in [0.5, 0.6) is 0 Å². The molecule has 90 valence electrons. The van der Waals surface area contributed by atoms with E-state index in [2.05, 4.69) is 10.1 Å². The fraction of sp³-hybridized carbons (Fsp3) is 0.556. The Hall–Kier alpha value is -1.92. The third kappa shape index (κ3) is 5.08. The summed E-state index contributed by atoms with van der Waals surface area (Å²) < 4.78 is 4.61. The van der Waals surface area contributed by atoms with Crippen LogP contribution in [0, 0.1) is 0 Å². The predicted octanol–water partition coefficient (Wildman–Crippen LogP) is -1.28. The average molecular weight is 230 g/mol. The van der Waals surface area contributed by atoms with Crippen LogP contribution in [0.15, 0.2) is 0 Å². The number of ether oxygens (including phenoxy) is 1. The van der Waals surface area contributed by atoms with E-state index in [1.54, 1.807) is 12.2 Å². The first kappa shape index (κ1) is 14.1. The number of rotatable bonds is 3. The molecule has 0 aliphatic heterocycles. The maximum atomic E-state index is 11.1. The summed E-state index contributed by atoms with van der Waals surface area (Å²) in [5.41, 5.74) is 0. The van der Waals surface area contributed by atoms with Crippen LogP contribution in [0.25, 0.3) is 0 Å². The lowest BCUT2D eigenvalue weighted by Crippen LogP contribution is -2.47. The first-order chi connectivity index (χ1) is 7.38. The van der Waals surface area contributed by atoms with Crippen molar-refractivity contribution in [2.45, 2.75) is 26.8 Å². The largest absolute Gasteiger partial charge is 0.464 e. The zero-order valence-electron chi connectivity index (χ0n) is 9.33. The second-order valence-corrected chi connectivity index (χ2v) is 2.96. The van der Waals surface area contributed by atoms with Gasteiger partial charge in [-0.3, -0.25) is 19.7 Å². The van der Waals surface area contributed by atoms with Gasteiger partial charge >= 0.3 is 17.8 Å². The molecule has 7 heteroatoms. The van der Waals surface area contributed by atoms with E-state index in [0.29, 0.717) is 0 Å². The van der Waals surface area contributed by atoms with Crippen LogP contribution < -0.4 is 10.6 Å². The number of nitrogens with one attached hydrogen (secondary N) is 2. The SMILES string of the molecule is CCOC(=O)C(C)NC(=O)C(=O)NC(C)=O. The highest BCUT2D eigenvalue weighted by atomic mass is 16.5. The van der Waals surface area contributed by atoms with Crippen LogP contribution in [0.2, 0.25) is 0 Å². The molecule has 3 amide bonds. The molecule has 0 heterocycles. The lowest BCUT2D eigenvalue weighted by atomic mass is 10.3. The Bertz CT molecular complexity index is 313. The Morgan fingerprint density at radius 3 is 2.19 bits per heavy atom. The van der Waals surface area contributed by atoms with Gasteiger partial charge in [0.1, 0.15) is 6.04 Å². The molecule has 0 aliphatic rings. The van der Waals surface area contributed by atoms with E-state index in [0.717, 1.165) is 6.92 Å². The minimum absolute atomic E-state index is 0.179. The van der Waals surface area contributed by atoms with E-state index in [9.17, 15) is 19.2 Å². The molecule has 0 saturated carbocycles. The van der Waals surface area contributed by atoms with E-state index in [4.69, 9.17) is 0 Å². The van der Waals surface area contributed by atoms with Gasteiger partial charge in [0, 0.05) is 6.92 Å². The van der Waals surface area contributed by atoms with Crippen LogP contribution in [-0.4, -0.2) is 36.3 Å². The third-order valence-corrected chi connectivity index (χ3v) is 1.48. The number of carbonyl (C=O) groups is 4. The molecule has 1 unspecified atom stereocenters. The Kier molecular flexibility index (Phi) is 5.76. The summed E-state index contributed by atoms with van der Waals surface area (Å²) in [5.74, 6) is -3.46. The molecule has 0 aromatic rings. The van der Waals surface area contributed by atoms with Crippen molar-refractivity contribution in [3.63, 3.8) is 0 Å². The zero-order valence-corrected chi connectivity index (χ0v) is 9.33. The van der Waals surface area contributed by atoms with Crippen LogP contribution >= 0.6 is 0 Å². The van der Waals surface area contributed by atoms with Crippen molar-refractivity contribution in [2.24, 2.45) is 0 Å². The van der Waals surface area contributed by atoms with Crippen molar-refractivity contribution >= 4 is 23.7 Å². The minimum atomic E-state index is -1.11. The lowest BCUT2D eigenvalue weighted by molar-refractivity contribution is -0.148. The summed E-state index contributed by atoms with van der Waals surface area (Å²) in [6, 6.07) is -0.940. The second-order valence-electron chi connectivity index (χ2n) is 2.96. The van der Waals surface area contributed by atoms with E-state index < -0.39 is 29.7 Å². The number of carbonyl (C=O) groups excluding carboxylic acids is 4. The summed E-state index contributed by atoms with van der Waals surface area (Å²) in [4.78, 5) is 43.7. The maximum absolute atomic E-state index is 11.1. The topological polar surface area (TPSA) is 102 Å². The smallest absolute Gasteiger partial charge is 0.328 e. The van der Waals surface area contributed by atoms with Gasteiger partial charge in [0.2, 0.25) is 5.91 Å². The first-order valence-electron chi connectivity index (χ1n) is 4.67. The fourth-order valence-electron chi connectivity index (χ4n) is 0.805. The van der Waals surface area contributed by atoms with Gasteiger partial charge in [-0.25, -0.2) is 4.79 Å². The standard InChI is InChI=1S/C9H14N2O5/c1-4-16-9(15)5(2)10-7(13)8(14)11-6(3)12/h5H,4H2,1-3H3,(H,10,13)(H,11,12,14). The summed E-state index contributed by atoms with van der Waals surface area (Å²) in [7, 11) is 0. The summed E-state index contributed by atoms with van der Waals surface area (Å²) >= 11 is 0. The van der Waals surface area contributed by atoms with Crippen molar-refractivity contribution < 1.29 is 23.9 Å². The molecule has 0 aromatic carbocycles. The molecule has 0 rings (SSSR count). The molecule has 0 aromatic heterocycles. The van der Waals surface area contributed by atoms with E-state index in [1.165, 1.54) is 6.92 Å². The van der Waals surface area contributed by atoms with Crippen molar-refractivity contribution in [3.8, 4) is 0 Å². The Labute approximate surface area is 92.5 Å². The van der Waals surface area contributed by atoms with Gasteiger partial charge in [0.15, 0.2) is 0 Å². The highest BCUT2D eigenvalue weighted by Gasteiger charge is 2.21. The highest BCUT2D eigenvalue weighted by Crippen LogP contribution is 1.87. The average Bonchev–Trinajstić information content (AvgIpc) is 2.16. The minimum Gasteiger partial charge on any atom is -0.464 e. The molecule has 0 bridgehead atoms. The Balaban J connectivity index is 4.18. The van der Waals surface area contributed by atoms with Crippen molar-refractivity contribution in [3.05, 3.63) is 0 Å². The monoisotopic (exact) mass is 230 g/mol. The molecule has 2 N–H and O–H groups in total. The molecular formula is C9H14N2O5. The van der Waals surface area contributed by atoms with Gasteiger partial charge in [0.05, 0.1) is 6.61 Å². The molecule has 1 atom stereocenters. The number of esters is 1. The quantitative estimate of drug-likeness (QED) is 0.464. The summed E-state index contributed by atoms with van der Waals surface area (Å²) in [5, 5.41) is 3.87. The zero-order chi connectivity index (χ0) is 12.7. The second kappa shape index (κ2) is 6.54. The molecular weight excluding hydrogens is 216 g/mol. The maximum Gasteiger partial charge on any atom is 0.328 e. The summed E-state index contributed by atoms with van der Waals surface area (Å²) in [6.07, 6.45) is 0. The Morgan fingerprint density at radius 1 is 1.19 bits per heavy atom. The van der Waals surface area contributed by atoms with Gasteiger partial charge < -0.3 is 10.1 Å². The highest BCUT2D eigenvalue weighted by molar-refractivity contribution is 6.38. The summed E-state index contributed by atoms with van der Waals surface area (Å²) in [6.45, 7) is 4.27. The predicted molar refractivity (Wildman–Crippen MR) is 53.1 cm³/mol. The molecule has 7 nitrogen and oxygen atoms in total. The first-order valence-corrected chi connectivity index (χ1v) is 4.67. The van der Waals surface area contributed by atoms with Crippen LogP contribution in [0.4, 0.5) is 0 Å². The molecule has 16 heavy (non-hydrogen) atoms. The van der Waals surface area contributed by atoms with Gasteiger partial charge in [-0.05, 0) is 13.8 Å². The lowest BCUT2D eigenvalue weighted by Gasteiger charge is -2.11. The van der Waals surface area contributed by atoms with E-state index in [-0.39, 0.29) is 6.61 Å². The Morgan fingerprint density at radius 2 is 1.75 bits per heavy atom. The molecule has 0 aliphatic carbocycles. The van der Waals surface area contributed by atoms with Gasteiger partial charge in [0.25, 0.3) is 0 Å². The molecule has 0 radical (unpaired) electrons. The fourth-order valence-corrected chi connectivity index (χ4v) is 0.805. The van der Waals surface area contributed by atoms with Crippen molar-refractivity contribution in [2.75, 3.05) is 6.61 Å². The third-order valence-electron chi connectivity index (χ3n) is 1.48. The number of hydrogen-bond donors (Lipinski definition) is 2. The molecule has 0 saturated heterocycles. The van der Waals surface area contributed by atoms with Gasteiger partial charge in [-0.2, -0.15) is 0 Å². The number of imide groups is 1. The van der Waals surface area contributed by atoms with E-state index in [1.807, 2.05) is 0 Å². The van der Waals surface area contributed by atoms with Crippen molar-refractivity contribution in [1.82, 2.24) is 10.6 Å². The number of hydrogen-bond acceptors (Lipinski definition) is 5. The van der Waals surface area contributed by atoms with Crippen LogP contribution in [-0.2, 0) is 23.9 Å². The van der Waals surface area contributed by atoms with Crippen LogP contribution in [0.3, 0.4) is 0 Å². The van der Waals surface area contributed by atoms with Gasteiger partial charge in [-0.1, -0.05) is 0 Å². The van der Waals surface area contributed by atoms with Gasteiger partial charge in [-0.15, -0.1) is 0 Å². The van der Waals surface area contributed by atoms with Crippen LogP contribution in [0.1, 0.15) is 20.8 Å². The normalized spacial score (nSPS) is 11.2. The van der Waals surface area contributed by atoms with E-state index >= 15 is 0 Å². The molecule has 0 spiro atoms.